The van der Waals surface area contributed by atoms with Crippen LogP contribution in [0.25, 0.3) is 0 Å². The fourth-order valence-electron chi connectivity index (χ4n) is 4.45. The van der Waals surface area contributed by atoms with Crippen LogP contribution in [-0.2, 0) is 4.79 Å². The van der Waals surface area contributed by atoms with Crippen LogP contribution in [-0.4, -0.2) is 47.2 Å². The highest BCUT2D eigenvalue weighted by molar-refractivity contribution is 5.77. The molecule has 21 heavy (non-hydrogen) atoms. The van der Waals surface area contributed by atoms with E-state index >= 15 is 0 Å². The van der Waals surface area contributed by atoms with Crippen molar-refractivity contribution in [3.05, 3.63) is 29.0 Å². The van der Waals surface area contributed by atoms with Crippen LogP contribution in [0, 0.1) is 11.1 Å². The molecule has 1 amide bonds. The SMILES string of the molecule is CCCN(CCC)C1CC2C=CC=C3CC(=O)[N+]([O-])(C1)C32. The maximum atomic E-state index is 13.2. The Bertz CT molecular complexity index is 479. The molecule has 3 aliphatic rings. The van der Waals surface area contributed by atoms with Crippen molar-refractivity contribution in [2.75, 3.05) is 19.6 Å². The Hall–Kier alpha value is -0.970. The number of hydrogen-bond acceptors (Lipinski definition) is 3. The normalized spacial score (nSPS) is 37.8. The molecular weight excluding hydrogens is 264 g/mol. The van der Waals surface area contributed by atoms with Crippen molar-refractivity contribution in [2.24, 2.45) is 5.92 Å². The van der Waals surface area contributed by atoms with Crippen molar-refractivity contribution in [1.29, 1.82) is 0 Å². The summed E-state index contributed by atoms with van der Waals surface area (Å²) in [4.78, 5) is 14.8. The van der Waals surface area contributed by atoms with E-state index in [2.05, 4.69) is 24.8 Å². The topological polar surface area (TPSA) is 43.4 Å². The standard InChI is InChI=1S/C17H26N2O2/c1-3-8-18(9-4-2)15-10-13-6-5-7-14-11-16(20)19(21,12-15)17(13)14/h5-7,13,15,17H,3-4,8-12H2,1-2H3. The Morgan fingerprint density at radius 3 is 2.71 bits per heavy atom. The van der Waals surface area contributed by atoms with Crippen LogP contribution in [0.3, 0.4) is 0 Å². The number of piperidine rings is 1. The summed E-state index contributed by atoms with van der Waals surface area (Å²) in [5, 5.41) is 13.2. The second-order valence-electron chi connectivity index (χ2n) is 6.71. The number of hydrogen-bond donors (Lipinski definition) is 0. The highest BCUT2D eigenvalue weighted by Crippen LogP contribution is 2.45. The number of hydroxylamine groups is 3. The molecule has 4 unspecified atom stereocenters. The third-order valence-corrected chi connectivity index (χ3v) is 5.25. The average molecular weight is 290 g/mol. The largest absolute Gasteiger partial charge is 0.625 e. The van der Waals surface area contributed by atoms with Crippen molar-refractivity contribution in [3.8, 4) is 0 Å². The van der Waals surface area contributed by atoms with Gasteiger partial charge in [-0.15, -0.1) is 0 Å². The first-order valence-electron chi connectivity index (χ1n) is 8.33. The summed E-state index contributed by atoms with van der Waals surface area (Å²) in [6.45, 7) is 6.86. The number of quaternary nitrogens is 1. The Morgan fingerprint density at radius 2 is 2.05 bits per heavy atom. The van der Waals surface area contributed by atoms with Gasteiger partial charge in [0.1, 0.15) is 12.6 Å². The quantitative estimate of drug-likeness (QED) is 0.577. The second kappa shape index (κ2) is 5.67. The summed E-state index contributed by atoms with van der Waals surface area (Å²) in [6, 6.07) is 0.124. The highest BCUT2D eigenvalue weighted by Gasteiger charge is 2.55. The Labute approximate surface area is 127 Å². The molecule has 0 aromatic carbocycles. The summed E-state index contributed by atoms with van der Waals surface area (Å²) in [7, 11) is 0. The molecule has 4 nitrogen and oxygen atoms in total. The lowest BCUT2D eigenvalue weighted by molar-refractivity contribution is -0.830. The number of nitrogens with zero attached hydrogens (tertiary/aromatic N) is 2. The first-order valence-corrected chi connectivity index (χ1v) is 8.33. The summed E-state index contributed by atoms with van der Waals surface area (Å²) in [6.07, 6.45) is 9.77. The van der Waals surface area contributed by atoms with Gasteiger partial charge in [-0.05, 0) is 32.4 Å². The fraction of sp³-hybridized carbons (Fsp3) is 0.706. The highest BCUT2D eigenvalue weighted by atomic mass is 16.6. The van der Waals surface area contributed by atoms with E-state index in [4.69, 9.17) is 0 Å². The molecule has 0 aromatic heterocycles. The number of carbonyl (C=O) groups is 1. The van der Waals surface area contributed by atoms with E-state index < -0.39 is 4.65 Å². The van der Waals surface area contributed by atoms with Crippen LogP contribution in [0.15, 0.2) is 23.8 Å². The van der Waals surface area contributed by atoms with Gasteiger partial charge in [-0.25, -0.2) is 4.79 Å². The van der Waals surface area contributed by atoms with Gasteiger partial charge in [0.25, 0.3) is 0 Å². The predicted octanol–water partition coefficient (Wildman–Crippen LogP) is 2.61. The number of amides is 1. The molecule has 4 heteroatoms. The summed E-state index contributed by atoms with van der Waals surface area (Å²) < 4.78 is -0.602. The van der Waals surface area contributed by atoms with Crippen molar-refractivity contribution < 1.29 is 9.44 Å². The molecule has 0 saturated carbocycles. The smallest absolute Gasteiger partial charge is 0.318 e. The molecule has 0 bridgehead atoms. The van der Waals surface area contributed by atoms with E-state index in [1.165, 1.54) is 0 Å². The van der Waals surface area contributed by atoms with Crippen LogP contribution in [0.1, 0.15) is 39.5 Å². The first-order chi connectivity index (χ1) is 10.1. The van der Waals surface area contributed by atoms with Crippen LogP contribution >= 0.6 is 0 Å². The summed E-state index contributed by atoms with van der Waals surface area (Å²) in [5.74, 6) is 0.113. The van der Waals surface area contributed by atoms with Gasteiger partial charge in [0, 0.05) is 11.5 Å². The van der Waals surface area contributed by atoms with Crippen molar-refractivity contribution in [1.82, 2.24) is 4.90 Å². The molecule has 0 aromatic rings. The molecule has 0 radical (unpaired) electrons. The molecule has 2 saturated heterocycles. The van der Waals surface area contributed by atoms with Gasteiger partial charge < -0.3 is 5.21 Å². The van der Waals surface area contributed by atoms with Gasteiger partial charge in [0.2, 0.25) is 0 Å². The van der Waals surface area contributed by atoms with Crippen molar-refractivity contribution in [2.45, 2.75) is 51.6 Å². The lowest BCUT2D eigenvalue weighted by atomic mass is 9.81. The maximum absolute atomic E-state index is 13.2. The minimum absolute atomic E-state index is 0.121. The number of allylic oxidation sites excluding steroid dienone is 2. The fourth-order valence-corrected chi connectivity index (χ4v) is 4.45. The zero-order chi connectivity index (χ0) is 15.0. The second-order valence-corrected chi connectivity index (χ2v) is 6.71. The molecule has 1 aliphatic carbocycles. The van der Waals surface area contributed by atoms with E-state index in [0.29, 0.717) is 13.0 Å². The lowest BCUT2D eigenvalue weighted by Crippen LogP contribution is -2.63. The average Bonchev–Trinajstić information content (AvgIpc) is 2.71. The molecular formula is C17H26N2O2. The van der Waals surface area contributed by atoms with E-state index in [0.717, 1.165) is 37.9 Å². The molecule has 3 rings (SSSR count). The molecule has 2 aliphatic heterocycles. The van der Waals surface area contributed by atoms with Crippen LogP contribution < -0.4 is 0 Å². The Morgan fingerprint density at radius 1 is 1.33 bits per heavy atom. The monoisotopic (exact) mass is 290 g/mol. The molecule has 116 valence electrons. The van der Waals surface area contributed by atoms with Crippen LogP contribution in [0.2, 0.25) is 0 Å². The molecule has 0 spiro atoms. The maximum Gasteiger partial charge on any atom is 0.318 e. The van der Waals surface area contributed by atoms with Gasteiger partial charge in [-0.2, -0.15) is 0 Å². The number of rotatable bonds is 5. The van der Waals surface area contributed by atoms with Crippen molar-refractivity contribution in [3.63, 3.8) is 0 Å². The minimum atomic E-state index is -0.602. The van der Waals surface area contributed by atoms with Gasteiger partial charge in [-0.3, -0.25) is 9.55 Å². The van der Waals surface area contributed by atoms with E-state index in [9.17, 15) is 10.0 Å². The third-order valence-electron chi connectivity index (χ3n) is 5.25. The van der Waals surface area contributed by atoms with Gasteiger partial charge in [0.05, 0.1) is 12.5 Å². The van der Waals surface area contributed by atoms with E-state index in [-0.39, 0.29) is 23.9 Å². The summed E-state index contributed by atoms with van der Waals surface area (Å²) in [5.41, 5.74) is 1.07. The third kappa shape index (κ3) is 2.39. The zero-order valence-corrected chi connectivity index (χ0v) is 13.1. The lowest BCUT2D eigenvalue weighted by Gasteiger charge is -2.52. The predicted molar refractivity (Wildman–Crippen MR) is 83.2 cm³/mol. The molecule has 4 atom stereocenters. The van der Waals surface area contributed by atoms with Crippen LogP contribution in [0.5, 0.6) is 0 Å². The molecule has 0 N–H and O–H groups in total. The van der Waals surface area contributed by atoms with Gasteiger partial charge >= 0.3 is 5.91 Å². The molecule has 2 heterocycles. The molecule has 2 fully saturated rings. The first kappa shape index (κ1) is 14.9. The zero-order valence-electron chi connectivity index (χ0n) is 13.1. The van der Waals surface area contributed by atoms with E-state index in [1.54, 1.807) is 0 Å². The van der Waals surface area contributed by atoms with Crippen LogP contribution in [0.4, 0.5) is 0 Å². The summed E-state index contributed by atoms with van der Waals surface area (Å²) >= 11 is 0. The Balaban J connectivity index is 1.86. The van der Waals surface area contributed by atoms with Crippen molar-refractivity contribution >= 4 is 5.91 Å². The minimum Gasteiger partial charge on any atom is -0.625 e. The number of carbonyl (C=O) groups excluding carboxylic acids is 1. The van der Waals surface area contributed by atoms with E-state index in [1.807, 2.05) is 12.2 Å². The van der Waals surface area contributed by atoms with Gasteiger partial charge in [0.15, 0.2) is 0 Å². The Kier molecular flexibility index (Phi) is 4.04. The van der Waals surface area contributed by atoms with Gasteiger partial charge in [-0.1, -0.05) is 32.1 Å².